The van der Waals surface area contributed by atoms with E-state index in [0.29, 0.717) is 51.0 Å². The summed E-state index contributed by atoms with van der Waals surface area (Å²) in [5.41, 5.74) is 0.824. The van der Waals surface area contributed by atoms with Crippen LogP contribution < -0.4 is 10.1 Å². The van der Waals surface area contributed by atoms with Gasteiger partial charge in [-0.3, -0.25) is 9.79 Å². The smallest absolute Gasteiger partial charge is 0.251 e. The number of halogens is 1. The van der Waals surface area contributed by atoms with Crippen molar-refractivity contribution < 1.29 is 18.7 Å². The molecule has 0 bridgehead atoms. The predicted octanol–water partition coefficient (Wildman–Crippen LogP) is 2.41. The van der Waals surface area contributed by atoms with Crippen LogP contribution in [0.5, 0.6) is 11.6 Å². The maximum absolute atomic E-state index is 13.5. The van der Waals surface area contributed by atoms with Crippen molar-refractivity contribution in [3.8, 4) is 11.6 Å². The summed E-state index contributed by atoms with van der Waals surface area (Å²) in [5.74, 6) is 1.28. The Bertz CT molecular complexity index is 956. The van der Waals surface area contributed by atoms with Crippen molar-refractivity contribution in [2.75, 3.05) is 39.8 Å². The average Bonchev–Trinajstić information content (AvgIpc) is 3.35. The number of pyridine rings is 1. The van der Waals surface area contributed by atoms with Crippen LogP contribution in [0.1, 0.15) is 18.4 Å². The molecule has 3 heterocycles. The number of hydrogen-bond donors (Lipinski definition) is 1. The van der Waals surface area contributed by atoms with Crippen LogP contribution in [0.25, 0.3) is 0 Å². The molecule has 4 rings (SSSR count). The highest BCUT2D eigenvalue weighted by Gasteiger charge is 2.30. The molecule has 9 heteroatoms. The second-order valence-corrected chi connectivity index (χ2v) is 7.74. The Labute approximate surface area is 187 Å². The Morgan fingerprint density at radius 2 is 2.06 bits per heavy atom. The fourth-order valence-corrected chi connectivity index (χ4v) is 3.91. The number of nitrogens with one attached hydrogen (secondary N) is 1. The minimum Gasteiger partial charge on any atom is -0.439 e. The number of nitrogens with zero attached hydrogens (tertiary/aromatic N) is 4. The first-order chi connectivity index (χ1) is 15.6. The predicted molar refractivity (Wildman–Crippen MR) is 118 cm³/mol. The number of ether oxygens (including phenoxy) is 2. The van der Waals surface area contributed by atoms with E-state index in [2.05, 4.69) is 20.2 Å². The SMILES string of the molecule is CN=C(NCc1cccnc1Oc1cccc(F)c1)N1CCN(C(=O)C2CCCO2)CC1. The topological polar surface area (TPSA) is 79.3 Å². The standard InChI is InChI=1S/C23H28FN5O3/c1-25-23(29-12-10-28(11-13-29)22(30)20-8-4-14-31-20)27-16-17-5-3-9-26-21(17)32-19-7-2-6-18(24)15-19/h2-3,5-7,9,15,20H,4,8,10-14,16H2,1H3,(H,25,27). The summed E-state index contributed by atoms with van der Waals surface area (Å²) in [4.78, 5) is 25.3. The molecule has 0 aliphatic carbocycles. The van der Waals surface area contributed by atoms with Gasteiger partial charge in [-0.15, -0.1) is 0 Å². The highest BCUT2D eigenvalue weighted by molar-refractivity contribution is 5.82. The summed E-state index contributed by atoms with van der Waals surface area (Å²) in [7, 11) is 1.74. The number of carbonyl (C=O) groups is 1. The third kappa shape index (κ3) is 5.34. The Morgan fingerprint density at radius 1 is 1.25 bits per heavy atom. The molecule has 170 valence electrons. The van der Waals surface area contributed by atoms with Crippen LogP contribution >= 0.6 is 0 Å². The van der Waals surface area contributed by atoms with Gasteiger partial charge in [-0.2, -0.15) is 0 Å². The molecule has 1 aromatic carbocycles. The van der Waals surface area contributed by atoms with Gasteiger partial charge in [0.05, 0.1) is 0 Å². The second kappa shape index (κ2) is 10.4. The second-order valence-electron chi connectivity index (χ2n) is 7.74. The maximum atomic E-state index is 13.5. The maximum Gasteiger partial charge on any atom is 0.251 e. The number of carbonyl (C=O) groups excluding carboxylic acids is 1. The molecular weight excluding hydrogens is 413 g/mol. The van der Waals surface area contributed by atoms with Gasteiger partial charge >= 0.3 is 0 Å². The summed E-state index contributed by atoms with van der Waals surface area (Å²) in [6.07, 6.45) is 3.12. The fourth-order valence-electron chi connectivity index (χ4n) is 3.91. The molecule has 0 radical (unpaired) electrons. The van der Waals surface area contributed by atoms with Crippen molar-refractivity contribution in [2.45, 2.75) is 25.5 Å². The van der Waals surface area contributed by atoms with E-state index in [4.69, 9.17) is 9.47 Å². The van der Waals surface area contributed by atoms with E-state index in [1.54, 1.807) is 25.4 Å². The van der Waals surface area contributed by atoms with E-state index in [1.165, 1.54) is 12.1 Å². The third-order valence-electron chi connectivity index (χ3n) is 5.61. The summed E-state index contributed by atoms with van der Waals surface area (Å²) in [5, 5.41) is 3.35. The van der Waals surface area contributed by atoms with Gasteiger partial charge in [0, 0.05) is 64.2 Å². The Balaban J connectivity index is 1.33. The van der Waals surface area contributed by atoms with E-state index in [1.807, 2.05) is 17.0 Å². The van der Waals surface area contributed by atoms with E-state index >= 15 is 0 Å². The average molecular weight is 442 g/mol. The van der Waals surface area contributed by atoms with Gasteiger partial charge in [0.15, 0.2) is 5.96 Å². The molecule has 1 N–H and O–H groups in total. The quantitative estimate of drug-likeness (QED) is 0.567. The number of benzene rings is 1. The molecule has 2 aliphatic rings. The molecule has 1 aromatic heterocycles. The highest BCUT2D eigenvalue weighted by atomic mass is 19.1. The molecule has 1 unspecified atom stereocenters. The van der Waals surface area contributed by atoms with Crippen LogP contribution in [0.15, 0.2) is 47.6 Å². The number of guanidine groups is 1. The van der Waals surface area contributed by atoms with Crippen LogP contribution in [0.2, 0.25) is 0 Å². The lowest BCUT2D eigenvalue weighted by Crippen LogP contribution is -2.55. The van der Waals surface area contributed by atoms with Gasteiger partial charge in [-0.25, -0.2) is 9.37 Å². The molecule has 1 amide bonds. The van der Waals surface area contributed by atoms with Gasteiger partial charge < -0.3 is 24.6 Å². The summed E-state index contributed by atoms with van der Waals surface area (Å²) >= 11 is 0. The van der Waals surface area contributed by atoms with Crippen molar-refractivity contribution in [2.24, 2.45) is 4.99 Å². The zero-order chi connectivity index (χ0) is 22.3. The number of piperazine rings is 1. The zero-order valence-electron chi connectivity index (χ0n) is 18.2. The van der Waals surface area contributed by atoms with E-state index in [9.17, 15) is 9.18 Å². The molecule has 0 saturated carbocycles. The van der Waals surface area contributed by atoms with Crippen molar-refractivity contribution in [1.82, 2.24) is 20.1 Å². The monoisotopic (exact) mass is 441 g/mol. The van der Waals surface area contributed by atoms with Gasteiger partial charge in [-0.1, -0.05) is 12.1 Å². The normalized spacial score (nSPS) is 19.2. The van der Waals surface area contributed by atoms with Gasteiger partial charge in [0.25, 0.3) is 5.91 Å². The van der Waals surface area contributed by atoms with Gasteiger partial charge in [0.1, 0.15) is 17.7 Å². The fraction of sp³-hybridized carbons (Fsp3) is 0.435. The lowest BCUT2D eigenvalue weighted by molar-refractivity contribution is -0.142. The van der Waals surface area contributed by atoms with Crippen molar-refractivity contribution in [3.05, 3.63) is 54.0 Å². The lowest BCUT2D eigenvalue weighted by Gasteiger charge is -2.37. The number of aromatic nitrogens is 1. The minimum absolute atomic E-state index is 0.0968. The van der Waals surface area contributed by atoms with E-state index in [-0.39, 0.29) is 17.8 Å². The summed E-state index contributed by atoms with van der Waals surface area (Å²) in [6, 6.07) is 9.70. The number of rotatable bonds is 5. The van der Waals surface area contributed by atoms with Crippen molar-refractivity contribution in [1.29, 1.82) is 0 Å². The molecule has 2 fully saturated rings. The molecule has 0 spiro atoms. The van der Waals surface area contributed by atoms with Crippen molar-refractivity contribution >= 4 is 11.9 Å². The molecular formula is C23H28FN5O3. The molecule has 2 saturated heterocycles. The molecule has 32 heavy (non-hydrogen) atoms. The number of aliphatic imine (C=N–C) groups is 1. The van der Waals surface area contributed by atoms with Crippen LogP contribution in [0.4, 0.5) is 4.39 Å². The summed E-state index contributed by atoms with van der Waals surface area (Å²) < 4.78 is 24.8. The highest BCUT2D eigenvalue weighted by Crippen LogP contribution is 2.23. The largest absolute Gasteiger partial charge is 0.439 e. The van der Waals surface area contributed by atoms with Crippen LogP contribution in [0, 0.1) is 5.82 Å². The Morgan fingerprint density at radius 3 is 2.78 bits per heavy atom. The Kier molecular flexibility index (Phi) is 7.16. The molecule has 2 aromatic rings. The lowest BCUT2D eigenvalue weighted by atomic mass is 10.2. The summed E-state index contributed by atoms with van der Waals surface area (Å²) in [6.45, 7) is 3.78. The zero-order valence-corrected chi connectivity index (χ0v) is 18.2. The molecule has 2 aliphatic heterocycles. The van der Waals surface area contributed by atoms with Crippen LogP contribution in [0.3, 0.4) is 0 Å². The third-order valence-corrected chi connectivity index (χ3v) is 5.61. The minimum atomic E-state index is -0.365. The number of hydrogen-bond acceptors (Lipinski definition) is 5. The molecule has 8 nitrogen and oxygen atoms in total. The molecule has 1 atom stereocenters. The van der Waals surface area contributed by atoms with Crippen LogP contribution in [-0.4, -0.2) is 72.6 Å². The first-order valence-corrected chi connectivity index (χ1v) is 10.9. The first-order valence-electron chi connectivity index (χ1n) is 10.9. The van der Waals surface area contributed by atoms with E-state index in [0.717, 1.165) is 24.4 Å². The van der Waals surface area contributed by atoms with Gasteiger partial charge in [-0.05, 0) is 31.0 Å². The van der Waals surface area contributed by atoms with E-state index < -0.39 is 0 Å². The van der Waals surface area contributed by atoms with Gasteiger partial charge in [0.2, 0.25) is 5.88 Å². The first kappa shape index (κ1) is 22.0. The number of amides is 1. The Hall–Kier alpha value is -3.20. The van der Waals surface area contributed by atoms with Crippen LogP contribution in [-0.2, 0) is 16.1 Å². The van der Waals surface area contributed by atoms with Crippen molar-refractivity contribution in [3.63, 3.8) is 0 Å².